The van der Waals surface area contributed by atoms with E-state index in [1.807, 2.05) is 11.8 Å². The van der Waals surface area contributed by atoms with Crippen molar-refractivity contribution in [3.05, 3.63) is 24.3 Å². The fraction of sp³-hybridized carbons (Fsp3) is 0.688. The summed E-state index contributed by atoms with van der Waals surface area (Å²) in [5.74, 6) is 0.0171. The number of nitrogens with one attached hydrogen (secondary N) is 1. The molecule has 122 valence electrons. The fourth-order valence-electron chi connectivity index (χ4n) is 2.91. The molecule has 1 N–H and O–H groups in total. The van der Waals surface area contributed by atoms with E-state index in [9.17, 15) is 4.79 Å². The number of carbonyl (C=O) groups is 1. The van der Waals surface area contributed by atoms with Crippen LogP contribution in [0.25, 0.3) is 0 Å². The molecule has 0 bridgehead atoms. The van der Waals surface area contributed by atoms with E-state index in [0.717, 1.165) is 37.9 Å². The summed E-state index contributed by atoms with van der Waals surface area (Å²) in [5, 5.41) is 3.40. The zero-order chi connectivity index (χ0) is 15.8. The first-order valence-corrected chi connectivity index (χ1v) is 7.96. The predicted octanol–water partition coefficient (Wildman–Crippen LogP) is 1.23. The molecule has 1 amide bonds. The number of hydrogen-bond acceptors (Lipinski definition) is 5. The highest BCUT2D eigenvalue weighted by molar-refractivity contribution is 5.79. The second-order valence-electron chi connectivity index (χ2n) is 5.90. The Balaban J connectivity index is 2.13. The Labute approximate surface area is 132 Å². The molecule has 1 fully saturated rings. The van der Waals surface area contributed by atoms with Crippen LogP contribution in [0.15, 0.2) is 18.7 Å². The molecule has 6 heteroatoms. The van der Waals surface area contributed by atoms with Gasteiger partial charge in [0.25, 0.3) is 0 Å². The minimum atomic E-state index is -0.133. The second-order valence-corrected chi connectivity index (χ2v) is 5.90. The molecule has 1 aliphatic heterocycles. The minimum Gasteiger partial charge on any atom is -0.384 e. The molecule has 0 aliphatic carbocycles. The number of hydrogen-bond donors (Lipinski definition) is 1. The lowest BCUT2D eigenvalue weighted by Gasteiger charge is -2.33. The number of carbonyl (C=O) groups excluding carboxylic acids is 1. The topological polar surface area (TPSA) is 67.3 Å². The number of rotatable bonds is 6. The van der Waals surface area contributed by atoms with Crippen LogP contribution in [-0.2, 0) is 16.1 Å². The van der Waals surface area contributed by atoms with Crippen LogP contribution in [0, 0.1) is 5.92 Å². The van der Waals surface area contributed by atoms with Gasteiger partial charge < -0.3 is 15.0 Å². The van der Waals surface area contributed by atoms with Crippen molar-refractivity contribution >= 4 is 5.91 Å². The Bertz CT molecular complexity index is 447. The first-order chi connectivity index (χ1) is 10.7. The first kappa shape index (κ1) is 16.8. The molecule has 2 heterocycles. The van der Waals surface area contributed by atoms with Crippen molar-refractivity contribution < 1.29 is 9.53 Å². The molecule has 0 saturated carbocycles. The maximum atomic E-state index is 12.8. The zero-order valence-corrected chi connectivity index (χ0v) is 13.5. The smallest absolute Gasteiger partial charge is 0.228 e. The summed E-state index contributed by atoms with van der Waals surface area (Å²) < 4.78 is 5.15. The van der Waals surface area contributed by atoms with Gasteiger partial charge in [0.15, 0.2) is 0 Å². The molecule has 1 aromatic heterocycles. The van der Waals surface area contributed by atoms with Gasteiger partial charge in [0, 0.05) is 37.7 Å². The lowest BCUT2D eigenvalue weighted by molar-refractivity contribution is -0.140. The average molecular weight is 306 g/mol. The number of ether oxygens (including phenoxy) is 1. The molecule has 22 heavy (non-hydrogen) atoms. The summed E-state index contributed by atoms with van der Waals surface area (Å²) in [6.07, 6.45) is 8.19. The highest BCUT2D eigenvalue weighted by Crippen LogP contribution is 2.19. The standard InChI is InChI=1S/C16H26N4O2/c1-13(11-22-2)16(21)20(10-14-8-18-12-19-9-14)15-4-3-6-17-7-5-15/h8-9,12-13,15,17H,3-7,10-11H2,1-2H3/t13-,15-/m1/s1. The van der Waals surface area contributed by atoms with Gasteiger partial charge in [-0.3, -0.25) is 4.79 Å². The Morgan fingerprint density at radius 1 is 1.41 bits per heavy atom. The predicted molar refractivity (Wildman–Crippen MR) is 84.1 cm³/mol. The Kier molecular flexibility index (Phi) is 6.74. The molecule has 0 radical (unpaired) electrons. The van der Waals surface area contributed by atoms with E-state index < -0.39 is 0 Å². The number of nitrogens with zero attached hydrogens (tertiary/aromatic N) is 3. The van der Waals surface area contributed by atoms with Crippen LogP contribution >= 0.6 is 0 Å². The van der Waals surface area contributed by atoms with Gasteiger partial charge in [0.1, 0.15) is 6.33 Å². The molecule has 0 unspecified atom stereocenters. The first-order valence-electron chi connectivity index (χ1n) is 7.96. The van der Waals surface area contributed by atoms with E-state index in [0.29, 0.717) is 13.2 Å². The molecule has 2 atom stereocenters. The van der Waals surface area contributed by atoms with Gasteiger partial charge in [-0.05, 0) is 32.4 Å². The summed E-state index contributed by atoms with van der Waals surface area (Å²) in [4.78, 5) is 22.9. The summed E-state index contributed by atoms with van der Waals surface area (Å²) >= 11 is 0. The van der Waals surface area contributed by atoms with Gasteiger partial charge in [-0.15, -0.1) is 0 Å². The average Bonchev–Trinajstić information content (AvgIpc) is 2.82. The van der Waals surface area contributed by atoms with Crippen molar-refractivity contribution in [3.63, 3.8) is 0 Å². The minimum absolute atomic E-state index is 0.133. The molecule has 6 nitrogen and oxygen atoms in total. The van der Waals surface area contributed by atoms with E-state index in [-0.39, 0.29) is 17.9 Å². The van der Waals surface area contributed by atoms with Gasteiger partial charge in [0.05, 0.1) is 12.5 Å². The fourth-order valence-corrected chi connectivity index (χ4v) is 2.91. The summed E-state index contributed by atoms with van der Waals surface area (Å²) in [6, 6.07) is 0.266. The Morgan fingerprint density at radius 2 is 2.18 bits per heavy atom. The van der Waals surface area contributed by atoms with E-state index in [1.165, 1.54) is 6.33 Å². The van der Waals surface area contributed by atoms with Crippen molar-refractivity contribution in [3.8, 4) is 0 Å². The van der Waals surface area contributed by atoms with Gasteiger partial charge in [-0.25, -0.2) is 9.97 Å². The Hall–Kier alpha value is -1.53. The van der Waals surface area contributed by atoms with Crippen LogP contribution < -0.4 is 5.32 Å². The maximum Gasteiger partial charge on any atom is 0.228 e. The normalized spacial score (nSPS) is 20.2. The molecule has 1 aromatic rings. The monoisotopic (exact) mass is 306 g/mol. The summed E-state index contributed by atoms with van der Waals surface area (Å²) in [6.45, 7) is 4.93. The van der Waals surface area contributed by atoms with Gasteiger partial charge in [-0.1, -0.05) is 6.92 Å². The maximum absolute atomic E-state index is 12.8. The molecule has 0 aromatic carbocycles. The van der Waals surface area contributed by atoms with Gasteiger partial charge in [0.2, 0.25) is 5.91 Å². The molecule has 0 spiro atoms. The van der Waals surface area contributed by atoms with Crippen LogP contribution in [0.3, 0.4) is 0 Å². The van der Waals surface area contributed by atoms with Gasteiger partial charge >= 0.3 is 0 Å². The highest BCUT2D eigenvalue weighted by Gasteiger charge is 2.28. The van der Waals surface area contributed by atoms with E-state index in [2.05, 4.69) is 15.3 Å². The third-order valence-corrected chi connectivity index (χ3v) is 4.07. The van der Waals surface area contributed by atoms with Crippen molar-refractivity contribution in [1.29, 1.82) is 0 Å². The number of amides is 1. The van der Waals surface area contributed by atoms with Crippen LogP contribution in [0.1, 0.15) is 31.7 Å². The van der Waals surface area contributed by atoms with Crippen LogP contribution in [0.4, 0.5) is 0 Å². The van der Waals surface area contributed by atoms with Crippen molar-refractivity contribution in [2.24, 2.45) is 5.92 Å². The molecular formula is C16H26N4O2. The largest absolute Gasteiger partial charge is 0.384 e. The molecule has 1 aliphatic rings. The number of aromatic nitrogens is 2. The van der Waals surface area contributed by atoms with Crippen LogP contribution in [0.2, 0.25) is 0 Å². The second kappa shape index (κ2) is 8.80. The highest BCUT2D eigenvalue weighted by atomic mass is 16.5. The number of methoxy groups -OCH3 is 1. The molecule has 2 rings (SSSR count). The van der Waals surface area contributed by atoms with E-state index >= 15 is 0 Å². The van der Waals surface area contributed by atoms with Crippen LogP contribution in [0.5, 0.6) is 0 Å². The third kappa shape index (κ3) is 4.74. The van der Waals surface area contributed by atoms with Crippen molar-refractivity contribution in [2.75, 3.05) is 26.8 Å². The zero-order valence-electron chi connectivity index (χ0n) is 13.5. The third-order valence-electron chi connectivity index (χ3n) is 4.07. The van der Waals surface area contributed by atoms with E-state index in [4.69, 9.17) is 4.74 Å². The summed E-state index contributed by atoms with van der Waals surface area (Å²) in [5.41, 5.74) is 0.970. The van der Waals surface area contributed by atoms with E-state index in [1.54, 1.807) is 19.5 Å². The summed E-state index contributed by atoms with van der Waals surface area (Å²) in [7, 11) is 1.63. The van der Waals surface area contributed by atoms with Crippen LogP contribution in [-0.4, -0.2) is 53.6 Å². The van der Waals surface area contributed by atoms with Crippen molar-refractivity contribution in [2.45, 2.75) is 38.8 Å². The lowest BCUT2D eigenvalue weighted by Crippen LogP contribution is -2.43. The molecule has 1 saturated heterocycles. The Morgan fingerprint density at radius 3 is 2.91 bits per heavy atom. The van der Waals surface area contributed by atoms with Gasteiger partial charge in [-0.2, -0.15) is 0 Å². The van der Waals surface area contributed by atoms with Crippen molar-refractivity contribution in [1.82, 2.24) is 20.2 Å². The SMILES string of the molecule is COC[C@@H](C)C(=O)N(Cc1cncnc1)[C@@H]1CCCNCC1. The molecular weight excluding hydrogens is 280 g/mol. The lowest BCUT2D eigenvalue weighted by atomic mass is 10.0. The quantitative estimate of drug-likeness (QED) is 0.856.